The van der Waals surface area contributed by atoms with E-state index in [4.69, 9.17) is 0 Å². The van der Waals surface area contributed by atoms with Crippen LogP contribution in [0.25, 0.3) is 0 Å². The van der Waals surface area contributed by atoms with Crippen LogP contribution in [0.15, 0.2) is 18.2 Å². The Morgan fingerprint density at radius 2 is 2.12 bits per heavy atom. The lowest BCUT2D eigenvalue weighted by atomic mass is 10.1. The van der Waals surface area contributed by atoms with Crippen LogP contribution in [-0.4, -0.2) is 28.7 Å². The van der Waals surface area contributed by atoms with Crippen molar-refractivity contribution in [3.05, 3.63) is 35.4 Å². The quantitative estimate of drug-likeness (QED) is 0.731. The minimum absolute atomic E-state index is 0.200. The molecule has 1 atom stereocenters. The molecule has 1 amide bonds. The van der Waals surface area contributed by atoms with Crippen LogP contribution < -0.4 is 0 Å². The van der Waals surface area contributed by atoms with Gasteiger partial charge in [-0.15, -0.1) is 0 Å². The van der Waals surface area contributed by atoms with Crippen LogP contribution >= 0.6 is 15.9 Å². The van der Waals surface area contributed by atoms with Crippen LogP contribution in [0.3, 0.4) is 0 Å². The molecule has 0 N–H and O–H groups in total. The summed E-state index contributed by atoms with van der Waals surface area (Å²) in [6.45, 7) is 1.28. The van der Waals surface area contributed by atoms with E-state index in [9.17, 15) is 13.6 Å². The number of hydrogen-bond donors (Lipinski definition) is 0. The summed E-state index contributed by atoms with van der Waals surface area (Å²) in [4.78, 5) is 14.0. The number of hydrogen-bond acceptors (Lipinski definition) is 1. The average Bonchev–Trinajstić information content (AvgIpc) is 2.32. The van der Waals surface area contributed by atoms with Gasteiger partial charge in [0.05, 0.1) is 0 Å². The van der Waals surface area contributed by atoms with Crippen molar-refractivity contribution in [3.63, 3.8) is 0 Å². The van der Waals surface area contributed by atoms with Crippen LogP contribution in [0.5, 0.6) is 0 Å². The van der Waals surface area contributed by atoms with E-state index in [1.165, 1.54) is 6.07 Å². The third-order valence-electron chi connectivity index (χ3n) is 2.82. The highest BCUT2D eigenvalue weighted by molar-refractivity contribution is 9.09. The molecule has 1 saturated heterocycles. The fourth-order valence-electron chi connectivity index (χ4n) is 1.92. The highest BCUT2D eigenvalue weighted by atomic mass is 79.9. The van der Waals surface area contributed by atoms with Crippen molar-refractivity contribution < 1.29 is 13.6 Å². The molecule has 0 bridgehead atoms. The third kappa shape index (κ3) is 2.83. The first-order valence-electron chi connectivity index (χ1n) is 5.46. The van der Waals surface area contributed by atoms with Crippen LogP contribution in [0.2, 0.25) is 0 Å². The molecule has 2 nitrogen and oxygen atoms in total. The number of carbonyl (C=O) groups excluding carboxylic acids is 1. The summed E-state index contributed by atoms with van der Waals surface area (Å²) >= 11 is 3.47. The van der Waals surface area contributed by atoms with Crippen molar-refractivity contribution in [1.29, 1.82) is 0 Å². The summed E-state index contributed by atoms with van der Waals surface area (Å²) in [5.74, 6) is -2.16. The molecule has 0 spiro atoms. The number of piperidine rings is 1. The molecular weight excluding hydrogens is 292 g/mol. The predicted octanol–water partition coefficient (Wildman–Crippen LogP) is 2.96. The SMILES string of the molecule is O=C(c1ccc(F)c(F)c1)N1CCCC(Br)C1. The largest absolute Gasteiger partial charge is 0.338 e. The fourth-order valence-corrected chi connectivity index (χ4v) is 2.59. The lowest BCUT2D eigenvalue weighted by molar-refractivity contribution is 0.0729. The zero-order valence-corrected chi connectivity index (χ0v) is 10.7. The molecule has 1 unspecified atom stereocenters. The Kier molecular flexibility index (Phi) is 3.76. The van der Waals surface area contributed by atoms with Gasteiger partial charge in [-0.2, -0.15) is 0 Å². The van der Waals surface area contributed by atoms with Crippen molar-refractivity contribution >= 4 is 21.8 Å². The number of nitrogens with zero attached hydrogens (tertiary/aromatic N) is 1. The number of likely N-dealkylation sites (tertiary alicyclic amines) is 1. The van der Waals surface area contributed by atoms with Crippen molar-refractivity contribution in [2.45, 2.75) is 17.7 Å². The maximum absolute atomic E-state index is 13.0. The summed E-state index contributed by atoms with van der Waals surface area (Å²) in [7, 11) is 0. The number of benzene rings is 1. The van der Waals surface area contributed by atoms with E-state index in [2.05, 4.69) is 15.9 Å². The molecule has 2 rings (SSSR count). The van der Waals surface area contributed by atoms with E-state index in [-0.39, 0.29) is 16.3 Å². The molecule has 1 aromatic rings. The molecule has 0 radical (unpaired) electrons. The topological polar surface area (TPSA) is 20.3 Å². The van der Waals surface area contributed by atoms with Gasteiger partial charge in [0.2, 0.25) is 0 Å². The van der Waals surface area contributed by atoms with Crippen molar-refractivity contribution in [3.8, 4) is 0 Å². The number of alkyl halides is 1. The average molecular weight is 304 g/mol. The molecule has 1 aliphatic heterocycles. The summed E-state index contributed by atoms with van der Waals surface area (Å²) in [5.41, 5.74) is 0.200. The second kappa shape index (κ2) is 5.12. The molecule has 1 heterocycles. The molecular formula is C12H12BrF2NO. The molecule has 5 heteroatoms. The van der Waals surface area contributed by atoms with Gasteiger partial charge >= 0.3 is 0 Å². The minimum atomic E-state index is -0.983. The van der Waals surface area contributed by atoms with Crippen LogP contribution in [0.1, 0.15) is 23.2 Å². The Labute approximate surface area is 107 Å². The third-order valence-corrected chi connectivity index (χ3v) is 3.57. The van der Waals surface area contributed by atoms with Crippen LogP contribution in [0.4, 0.5) is 8.78 Å². The Balaban J connectivity index is 2.15. The standard InChI is InChI=1S/C12H12BrF2NO/c13-9-2-1-5-16(7-9)12(17)8-3-4-10(14)11(15)6-8/h3-4,6,9H,1-2,5,7H2. The van der Waals surface area contributed by atoms with Gasteiger partial charge in [-0.25, -0.2) is 8.78 Å². The van der Waals surface area contributed by atoms with Gasteiger partial charge in [0.25, 0.3) is 5.91 Å². The molecule has 1 aromatic carbocycles. The maximum atomic E-state index is 13.0. The zero-order valence-electron chi connectivity index (χ0n) is 9.13. The molecule has 1 fully saturated rings. The highest BCUT2D eigenvalue weighted by Gasteiger charge is 2.23. The van der Waals surface area contributed by atoms with Crippen LogP contribution in [-0.2, 0) is 0 Å². The Hall–Kier alpha value is -0.970. The first-order chi connectivity index (χ1) is 8.08. The summed E-state index contributed by atoms with van der Waals surface area (Å²) in [6.07, 6.45) is 1.95. The van der Waals surface area contributed by atoms with E-state index in [1.807, 2.05) is 0 Å². The van der Waals surface area contributed by atoms with Gasteiger partial charge < -0.3 is 4.90 Å². The van der Waals surface area contributed by atoms with E-state index < -0.39 is 11.6 Å². The van der Waals surface area contributed by atoms with Crippen molar-refractivity contribution in [2.24, 2.45) is 0 Å². The Morgan fingerprint density at radius 1 is 1.35 bits per heavy atom. The molecule has 92 valence electrons. The lowest BCUT2D eigenvalue weighted by Crippen LogP contribution is -2.40. The first kappa shape index (κ1) is 12.5. The number of amides is 1. The van der Waals surface area contributed by atoms with Gasteiger partial charge in [0.1, 0.15) is 0 Å². The van der Waals surface area contributed by atoms with E-state index >= 15 is 0 Å². The van der Waals surface area contributed by atoms with Gasteiger partial charge in [-0.1, -0.05) is 15.9 Å². The smallest absolute Gasteiger partial charge is 0.253 e. The molecule has 1 aliphatic rings. The fraction of sp³-hybridized carbons (Fsp3) is 0.417. The monoisotopic (exact) mass is 303 g/mol. The number of carbonyl (C=O) groups is 1. The summed E-state index contributed by atoms with van der Waals surface area (Å²) in [5, 5.41) is 0. The van der Waals surface area contributed by atoms with Gasteiger partial charge in [0.15, 0.2) is 11.6 Å². The Bertz CT molecular complexity index is 439. The predicted molar refractivity (Wildman–Crippen MR) is 64.2 cm³/mol. The van der Waals surface area contributed by atoms with Crippen molar-refractivity contribution in [2.75, 3.05) is 13.1 Å². The van der Waals surface area contributed by atoms with Gasteiger partial charge in [0, 0.05) is 23.5 Å². The summed E-state index contributed by atoms with van der Waals surface area (Å²) < 4.78 is 25.8. The minimum Gasteiger partial charge on any atom is -0.338 e. The van der Waals surface area contributed by atoms with Crippen molar-refractivity contribution in [1.82, 2.24) is 4.90 Å². The Morgan fingerprint density at radius 3 is 2.76 bits per heavy atom. The first-order valence-corrected chi connectivity index (χ1v) is 6.38. The van der Waals surface area contributed by atoms with E-state index in [1.54, 1.807) is 4.90 Å². The highest BCUT2D eigenvalue weighted by Crippen LogP contribution is 2.19. The molecule has 0 aromatic heterocycles. The lowest BCUT2D eigenvalue weighted by Gasteiger charge is -2.30. The number of halogens is 3. The summed E-state index contributed by atoms with van der Waals surface area (Å²) in [6, 6.07) is 3.26. The zero-order chi connectivity index (χ0) is 12.4. The van der Waals surface area contributed by atoms with Gasteiger partial charge in [-0.3, -0.25) is 4.79 Å². The number of rotatable bonds is 1. The van der Waals surface area contributed by atoms with Crippen LogP contribution in [0, 0.1) is 11.6 Å². The second-order valence-electron chi connectivity index (χ2n) is 4.12. The second-order valence-corrected chi connectivity index (χ2v) is 5.41. The maximum Gasteiger partial charge on any atom is 0.253 e. The molecule has 0 aliphatic carbocycles. The van der Waals surface area contributed by atoms with Gasteiger partial charge in [-0.05, 0) is 31.0 Å². The molecule has 0 saturated carbocycles. The normalized spacial score (nSPS) is 20.4. The molecule has 17 heavy (non-hydrogen) atoms. The van der Waals surface area contributed by atoms with E-state index in [0.717, 1.165) is 25.0 Å². The van der Waals surface area contributed by atoms with E-state index in [0.29, 0.717) is 13.1 Å².